The number of alkyl halides is 3. The fraction of sp³-hybridized carbons (Fsp3) is 0.278. The van der Waals surface area contributed by atoms with E-state index in [0.717, 1.165) is 24.3 Å². The number of carbonyl (C=O) groups is 1. The fourth-order valence-corrected chi connectivity index (χ4v) is 4.65. The number of nitrogens with one attached hydrogen (secondary N) is 1. The van der Waals surface area contributed by atoms with Crippen LogP contribution in [-0.4, -0.2) is 44.9 Å². The molecule has 0 atom stereocenters. The van der Waals surface area contributed by atoms with Crippen LogP contribution in [0.25, 0.3) is 0 Å². The van der Waals surface area contributed by atoms with Gasteiger partial charge in [0.05, 0.1) is 23.8 Å². The molecule has 156 valence electrons. The second kappa shape index (κ2) is 8.31. The minimum absolute atomic E-state index is 0.0568. The predicted molar refractivity (Wildman–Crippen MR) is 100 cm³/mol. The first-order chi connectivity index (χ1) is 13.6. The molecule has 29 heavy (non-hydrogen) atoms. The maximum absolute atomic E-state index is 12.8. The van der Waals surface area contributed by atoms with Crippen LogP contribution < -0.4 is 5.32 Å². The van der Waals surface area contributed by atoms with Crippen molar-refractivity contribution in [3.8, 4) is 0 Å². The number of amides is 1. The van der Waals surface area contributed by atoms with Gasteiger partial charge in [-0.15, -0.1) is 0 Å². The molecule has 0 aromatic heterocycles. The van der Waals surface area contributed by atoms with E-state index in [9.17, 15) is 26.4 Å². The standard InChI is InChI=1S/C18H16ClF3N2O4S/c19-15-5-4-12(10-16(15)29(26,27)24-6-8-28-9-7-24)17(25)23-14-3-1-2-13(11-14)18(20,21)22/h1-5,10-11H,6-9H2,(H,23,25). The van der Waals surface area contributed by atoms with Crippen molar-refractivity contribution in [1.82, 2.24) is 4.31 Å². The summed E-state index contributed by atoms with van der Waals surface area (Å²) in [6.45, 7) is 0.789. The highest BCUT2D eigenvalue weighted by Crippen LogP contribution is 2.31. The smallest absolute Gasteiger partial charge is 0.379 e. The Morgan fingerprint density at radius 3 is 2.45 bits per heavy atom. The minimum atomic E-state index is -4.56. The zero-order chi connectivity index (χ0) is 21.2. The molecule has 0 bridgehead atoms. The predicted octanol–water partition coefficient (Wildman–Crippen LogP) is 3.63. The highest BCUT2D eigenvalue weighted by atomic mass is 35.5. The number of sulfonamides is 1. The third-order valence-corrected chi connectivity index (χ3v) is 6.61. The molecule has 1 amide bonds. The topological polar surface area (TPSA) is 75.7 Å². The van der Waals surface area contributed by atoms with Crippen molar-refractivity contribution in [3.63, 3.8) is 0 Å². The molecule has 3 rings (SSSR count). The second-order valence-corrected chi connectivity index (χ2v) is 8.51. The lowest BCUT2D eigenvalue weighted by Crippen LogP contribution is -2.40. The van der Waals surface area contributed by atoms with Crippen molar-refractivity contribution >= 4 is 33.2 Å². The summed E-state index contributed by atoms with van der Waals surface area (Å²) in [4.78, 5) is 12.2. The summed E-state index contributed by atoms with van der Waals surface area (Å²) in [6, 6.07) is 7.79. The Kier molecular flexibility index (Phi) is 6.18. The number of rotatable bonds is 4. The van der Waals surface area contributed by atoms with Gasteiger partial charge in [-0.25, -0.2) is 8.42 Å². The van der Waals surface area contributed by atoms with E-state index in [0.29, 0.717) is 0 Å². The summed E-state index contributed by atoms with van der Waals surface area (Å²) >= 11 is 6.04. The Bertz CT molecular complexity index is 1020. The number of nitrogens with zero attached hydrogens (tertiary/aromatic N) is 1. The molecule has 0 spiro atoms. The molecular weight excluding hydrogens is 433 g/mol. The lowest BCUT2D eigenvalue weighted by Gasteiger charge is -2.26. The Labute approximate surface area is 170 Å². The average Bonchev–Trinajstić information content (AvgIpc) is 2.68. The zero-order valence-electron chi connectivity index (χ0n) is 14.9. The van der Waals surface area contributed by atoms with E-state index in [2.05, 4.69) is 5.32 Å². The summed E-state index contributed by atoms with van der Waals surface area (Å²) in [6.07, 6.45) is -4.56. The largest absolute Gasteiger partial charge is 0.416 e. The maximum Gasteiger partial charge on any atom is 0.416 e. The SMILES string of the molecule is O=C(Nc1cccc(C(F)(F)F)c1)c1ccc(Cl)c(S(=O)(=O)N2CCOCC2)c1. The van der Waals surface area contributed by atoms with Crippen LogP contribution in [0.1, 0.15) is 15.9 Å². The number of carbonyl (C=O) groups excluding carboxylic acids is 1. The van der Waals surface area contributed by atoms with Crippen LogP contribution in [0.4, 0.5) is 18.9 Å². The molecule has 2 aromatic rings. The van der Waals surface area contributed by atoms with Crippen molar-refractivity contribution in [3.05, 3.63) is 58.6 Å². The summed E-state index contributed by atoms with van der Waals surface area (Å²) in [5.74, 6) is -0.764. The van der Waals surface area contributed by atoms with Gasteiger partial charge in [0, 0.05) is 24.3 Å². The van der Waals surface area contributed by atoms with Crippen molar-refractivity contribution in [1.29, 1.82) is 0 Å². The summed E-state index contributed by atoms with van der Waals surface area (Å²) < 4.78 is 70.5. The molecule has 1 fully saturated rings. The third-order valence-electron chi connectivity index (χ3n) is 4.23. The van der Waals surface area contributed by atoms with Gasteiger partial charge in [0.25, 0.3) is 5.91 Å². The molecule has 1 aliphatic heterocycles. The van der Waals surface area contributed by atoms with Crippen LogP contribution in [0.15, 0.2) is 47.4 Å². The Hall–Kier alpha value is -2.14. The molecule has 11 heteroatoms. The van der Waals surface area contributed by atoms with Crippen molar-refractivity contribution in [2.75, 3.05) is 31.6 Å². The Morgan fingerprint density at radius 2 is 1.79 bits per heavy atom. The number of anilines is 1. The van der Waals surface area contributed by atoms with Gasteiger partial charge in [0.2, 0.25) is 10.0 Å². The number of morpholine rings is 1. The molecule has 0 unspecified atom stereocenters. The van der Waals surface area contributed by atoms with Gasteiger partial charge in [0.15, 0.2) is 0 Å². The van der Waals surface area contributed by atoms with E-state index in [-0.39, 0.29) is 47.5 Å². The Balaban J connectivity index is 1.87. The molecule has 6 nitrogen and oxygen atoms in total. The van der Waals surface area contributed by atoms with E-state index in [1.165, 1.54) is 22.5 Å². The van der Waals surface area contributed by atoms with Gasteiger partial charge in [-0.2, -0.15) is 17.5 Å². The fourth-order valence-electron chi connectivity index (χ4n) is 2.74. The minimum Gasteiger partial charge on any atom is -0.379 e. The molecular formula is C18H16ClF3N2O4S. The van der Waals surface area contributed by atoms with Gasteiger partial charge in [-0.3, -0.25) is 4.79 Å². The zero-order valence-corrected chi connectivity index (χ0v) is 16.4. The van der Waals surface area contributed by atoms with Gasteiger partial charge in [0.1, 0.15) is 4.90 Å². The number of hydrogen-bond acceptors (Lipinski definition) is 4. The summed E-state index contributed by atoms with van der Waals surface area (Å²) in [7, 11) is -3.96. The molecule has 1 N–H and O–H groups in total. The highest BCUT2D eigenvalue weighted by Gasteiger charge is 2.31. The van der Waals surface area contributed by atoms with Gasteiger partial charge in [-0.05, 0) is 36.4 Å². The van der Waals surface area contributed by atoms with Crippen LogP contribution in [-0.2, 0) is 20.9 Å². The number of halogens is 4. The first kappa shape index (κ1) is 21.6. The van der Waals surface area contributed by atoms with Gasteiger partial charge < -0.3 is 10.1 Å². The average molecular weight is 449 g/mol. The highest BCUT2D eigenvalue weighted by molar-refractivity contribution is 7.89. The first-order valence-electron chi connectivity index (χ1n) is 8.45. The second-order valence-electron chi connectivity index (χ2n) is 6.19. The molecule has 1 saturated heterocycles. The molecule has 2 aromatic carbocycles. The van der Waals surface area contributed by atoms with Crippen LogP contribution in [0.3, 0.4) is 0 Å². The monoisotopic (exact) mass is 448 g/mol. The van der Waals surface area contributed by atoms with E-state index in [4.69, 9.17) is 16.3 Å². The van der Waals surface area contributed by atoms with Gasteiger partial charge >= 0.3 is 6.18 Å². The van der Waals surface area contributed by atoms with E-state index in [1.54, 1.807) is 0 Å². The molecule has 1 aliphatic rings. The van der Waals surface area contributed by atoms with Crippen LogP contribution in [0.5, 0.6) is 0 Å². The summed E-state index contributed by atoms with van der Waals surface area (Å²) in [5.41, 5.74) is -1.04. The normalized spacial score (nSPS) is 15.9. The van der Waals surface area contributed by atoms with Crippen LogP contribution >= 0.6 is 11.6 Å². The van der Waals surface area contributed by atoms with Crippen LogP contribution in [0, 0.1) is 0 Å². The lowest BCUT2D eigenvalue weighted by atomic mass is 10.1. The molecule has 0 saturated carbocycles. The third kappa shape index (κ3) is 4.89. The molecule has 0 radical (unpaired) electrons. The molecule has 0 aliphatic carbocycles. The van der Waals surface area contributed by atoms with Gasteiger partial charge in [-0.1, -0.05) is 17.7 Å². The van der Waals surface area contributed by atoms with Crippen LogP contribution in [0.2, 0.25) is 5.02 Å². The van der Waals surface area contributed by atoms with E-state index in [1.807, 2.05) is 0 Å². The number of ether oxygens (including phenoxy) is 1. The molecule has 1 heterocycles. The van der Waals surface area contributed by atoms with Crippen molar-refractivity contribution < 1.29 is 31.1 Å². The Morgan fingerprint density at radius 1 is 1.10 bits per heavy atom. The maximum atomic E-state index is 12.8. The van der Waals surface area contributed by atoms with E-state index < -0.39 is 27.7 Å². The summed E-state index contributed by atoms with van der Waals surface area (Å²) in [5, 5.41) is 2.28. The number of benzene rings is 2. The number of hydrogen-bond donors (Lipinski definition) is 1. The van der Waals surface area contributed by atoms with Crippen molar-refractivity contribution in [2.45, 2.75) is 11.1 Å². The van der Waals surface area contributed by atoms with E-state index >= 15 is 0 Å². The van der Waals surface area contributed by atoms with Crippen molar-refractivity contribution in [2.24, 2.45) is 0 Å². The quantitative estimate of drug-likeness (QED) is 0.775. The lowest BCUT2D eigenvalue weighted by molar-refractivity contribution is -0.137. The first-order valence-corrected chi connectivity index (χ1v) is 10.3.